The molecule has 0 amide bonds. The van der Waals surface area contributed by atoms with E-state index in [2.05, 4.69) is 6.07 Å². The molecule has 0 spiro atoms. The molecule has 1 radical (unpaired) electrons. The lowest BCUT2D eigenvalue weighted by atomic mass is 10.1. The van der Waals surface area contributed by atoms with Gasteiger partial charge in [0.05, 0.1) is 24.3 Å². The molecule has 0 aromatic heterocycles. The highest BCUT2D eigenvalue weighted by Crippen LogP contribution is 2.08. The van der Waals surface area contributed by atoms with Crippen LogP contribution in [0.2, 0.25) is 0 Å². The van der Waals surface area contributed by atoms with Crippen LogP contribution in [0.4, 0.5) is 0 Å². The minimum absolute atomic E-state index is 0.245. The second-order valence-corrected chi connectivity index (χ2v) is 3.76. The molecular formula is C14H17O4. The number of esters is 2. The maximum Gasteiger partial charge on any atom is 0.338 e. The number of ether oxygens (including phenoxy) is 2. The highest BCUT2D eigenvalue weighted by molar-refractivity contribution is 5.95. The van der Waals surface area contributed by atoms with Crippen molar-refractivity contribution in [1.82, 2.24) is 0 Å². The Kier molecular flexibility index (Phi) is 5.91. The summed E-state index contributed by atoms with van der Waals surface area (Å²) in [5.41, 5.74) is 0.583. The molecule has 18 heavy (non-hydrogen) atoms. The van der Waals surface area contributed by atoms with Crippen LogP contribution >= 0.6 is 0 Å². The molecule has 1 rings (SSSR count). The van der Waals surface area contributed by atoms with Crippen LogP contribution in [0.3, 0.4) is 0 Å². The van der Waals surface area contributed by atoms with E-state index in [1.54, 1.807) is 6.07 Å². The molecule has 0 aliphatic rings. The van der Waals surface area contributed by atoms with Crippen molar-refractivity contribution >= 4 is 11.9 Å². The van der Waals surface area contributed by atoms with E-state index in [1.165, 1.54) is 12.1 Å². The number of carbonyl (C=O) groups excluding carboxylic acids is 2. The molecule has 1 aromatic rings. The Morgan fingerprint density at radius 1 is 1.11 bits per heavy atom. The van der Waals surface area contributed by atoms with E-state index in [0.717, 1.165) is 12.8 Å². The average molecular weight is 249 g/mol. The Hall–Kier alpha value is -1.84. The summed E-state index contributed by atoms with van der Waals surface area (Å²) in [5.74, 6) is -0.905. The Bertz CT molecular complexity index is 377. The largest absolute Gasteiger partial charge is 0.462 e. The van der Waals surface area contributed by atoms with Crippen LogP contribution in [0, 0.1) is 6.07 Å². The quantitative estimate of drug-likeness (QED) is 0.727. The van der Waals surface area contributed by atoms with Crippen molar-refractivity contribution in [3.63, 3.8) is 0 Å². The van der Waals surface area contributed by atoms with Gasteiger partial charge in [0, 0.05) is 0 Å². The van der Waals surface area contributed by atoms with Crippen molar-refractivity contribution < 1.29 is 19.1 Å². The maximum atomic E-state index is 11.6. The van der Waals surface area contributed by atoms with Gasteiger partial charge in [-0.25, -0.2) is 9.59 Å². The van der Waals surface area contributed by atoms with E-state index >= 15 is 0 Å². The molecule has 0 saturated carbocycles. The number of benzene rings is 1. The fraction of sp³-hybridized carbons (Fsp3) is 0.429. The summed E-state index contributed by atoms with van der Waals surface area (Å²) in [6.07, 6.45) is 1.51. The molecule has 0 atom stereocenters. The first-order chi connectivity index (χ1) is 8.69. The summed E-state index contributed by atoms with van der Waals surface area (Å²) in [6, 6.07) is 7.27. The zero-order valence-corrected chi connectivity index (χ0v) is 10.7. The summed E-state index contributed by atoms with van der Waals surface area (Å²) in [4.78, 5) is 23.2. The molecule has 1 aromatic carbocycles. The molecule has 0 saturated heterocycles. The van der Waals surface area contributed by atoms with Gasteiger partial charge >= 0.3 is 11.9 Å². The van der Waals surface area contributed by atoms with Gasteiger partial charge in [0.2, 0.25) is 0 Å². The monoisotopic (exact) mass is 249 g/mol. The first kappa shape index (κ1) is 14.2. The fourth-order valence-corrected chi connectivity index (χ4v) is 1.26. The number of hydrogen-bond donors (Lipinski definition) is 0. The number of rotatable bonds is 6. The van der Waals surface area contributed by atoms with Gasteiger partial charge < -0.3 is 9.47 Å². The Balaban J connectivity index is 2.72. The lowest BCUT2D eigenvalue weighted by Gasteiger charge is -2.05. The van der Waals surface area contributed by atoms with E-state index < -0.39 is 11.9 Å². The molecule has 0 heterocycles. The molecule has 0 bridgehead atoms. The molecule has 0 aliphatic carbocycles. The average Bonchev–Trinajstić information content (AvgIpc) is 2.42. The predicted octanol–water partition coefficient (Wildman–Crippen LogP) is 2.62. The van der Waals surface area contributed by atoms with Crippen molar-refractivity contribution in [2.24, 2.45) is 0 Å². The number of hydrogen-bond acceptors (Lipinski definition) is 4. The van der Waals surface area contributed by atoms with Crippen LogP contribution in [-0.2, 0) is 9.47 Å². The van der Waals surface area contributed by atoms with Crippen molar-refractivity contribution in [3.8, 4) is 0 Å². The van der Waals surface area contributed by atoms with Crippen LogP contribution < -0.4 is 0 Å². The first-order valence-corrected chi connectivity index (χ1v) is 6.05. The van der Waals surface area contributed by atoms with Crippen molar-refractivity contribution in [3.05, 3.63) is 35.4 Å². The van der Waals surface area contributed by atoms with Crippen molar-refractivity contribution in [2.45, 2.75) is 26.7 Å². The van der Waals surface area contributed by atoms with E-state index in [-0.39, 0.29) is 5.56 Å². The summed E-state index contributed by atoms with van der Waals surface area (Å²) in [6.45, 7) is 4.55. The Morgan fingerprint density at radius 3 is 2.33 bits per heavy atom. The molecule has 0 aliphatic heterocycles. The maximum absolute atomic E-state index is 11.6. The predicted molar refractivity (Wildman–Crippen MR) is 66.4 cm³/mol. The van der Waals surface area contributed by atoms with E-state index in [4.69, 9.17) is 9.47 Å². The molecule has 4 nitrogen and oxygen atoms in total. The standard InChI is InChI=1S/C14H17O4/c1-3-8-17-13(15)11-6-5-7-12(10-11)14(16)18-9-4-2/h5-6,10H,3-4,8-9H2,1-2H3. The fourth-order valence-electron chi connectivity index (χ4n) is 1.26. The van der Waals surface area contributed by atoms with Crippen LogP contribution in [0.5, 0.6) is 0 Å². The minimum Gasteiger partial charge on any atom is -0.462 e. The van der Waals surface area contributed by atoms with Gasteiger partial charge in [0.15, 0.2) is 0 Å². The van der Waals surface area contributed by atoms with Gasteiger partial charge in [-0.2, -0.15) is 0 Å². The van der Waals surface area contributed by atoms with E-state index in [1.807, 2.05) is 13.8 Å². The third-order valence-electron chi connectivity index (χ3n) is 2.13. The Labute approximate surface area is 107 Å². The van der Waals surface area contributed by atoms with Gasteiger partial charge in [-0.1, -0.05) is 19.9 Å². The summed E-state index contributed by atoms with van der Waals surface area (Å²) in [5, 5.41) is 0. The third kappa shape index (κ3) is 4.20. The summed E-state index contributed by atoms with van der Waals surface area (Å²) >= 11 is 0. The second-order valence-electron chi connectivity index (χ2n) is 3.76. The smallest absolute Gasteiger partial charge is 0.338 e. The lowest BCUT2D eigenvalue weighted by molar-refractivity contribution is 0.0503. The Morgan fingerprint density at radius 2 is 1.72 bits per heavy atom. The zero-order chi connectivity index (χ0) is 13.4. The van der Waals surface area contributed by atoms with Crippen molar-refractivity contribution in [2.75, 3.05) is 13.2 Å². The lowest BCUT2D eigenvalue weighted by Crippen LogP contribution is -2.10. The van der Waals surface area contributed by atoms with Gasteiger partial charge in [0.1, 0.15) is 0 Å². The highest BCUT2D eigenvalue weighted by atomic mass is 16.5. The molecule has 0 unspecified atom stereocenters. The SMILES string of the molecule is CCCOC(=O)c1[c]ccc(C(=O)OCCC)c1. The van der Waals surface area contributed by atoms with Crippen molar-refractivity contribution in [1.29, 1.82) is 0 Å². The molecule has 0 N–H and O–H groups in total. The molecule has 97 valence electrons. The highest BCUT2D eigenvalue weighted by Gasteiger charge is 2.12. The van der Waals surface area contributed by atoms with Crippen LogP contribution in [0.1, 0.15) is 47.4 Å². The third-order valence-corrected chi connectivity index (χ3v) is 2.13. The van der Waals surface area contributed by atoms with Gasteiger partial charge in [-0.3, -0.25) is 0 Å². The first-order valence-electron chi connectivity index (χ1n) is 6.05. The van der Waals surface area contributed by atoms with E-state index in [0.29, 0.717) is 18.8 Å². The zero-order valence-electron chi connectivity index (χ0n) is 10.7. The topological polar surface area (TPSA) is 52.6 Å². The second kappa shape index (κ2) is 7.48. The van der Waals surface area contributed by atoms with Gasteiger partial charge in [-0.05, 0) is 31.0 Å². The molecule has 0 fully saturated rings. The molecular weight excluding hydrogens is 232 g/mol. The van der Waals surface area contributed by atoms with Crippen LogP contribution in [-0.4, -0.2) is 25.2 Å². The minimum atomic E-state index is -0.470. The van der Waals surface area contributed by atoms with E-state index in [9.17, 15) is 9.59 Å². The number of carbonyl (C=O) groups is 2. The van der Waals surface area contributed by atoms with Crippen LogP contribution in [0.15, 0.2) is 18.2 Å². The van der Waals surface area contributed by atoms with Crippen LogP contribution in [0.25, 0.3) is 0 Å². The van der Waals surface area contributed by atoms with Gasteiger partial charge in [-0.15, -0.1) is 0 Å². The summed E-state index contributed by atoms with van der Waals surface area (Å²) in [7, 11) is 0. The van der Waals surface area contributed by atoms with Gasteiger partial charge in [0.25, 0.3) is 0 Å². The molecule has 4 heteroatoms. The normalized spacial score (nSPS) is 9.89. The summed E-state index contributed by atoms with van der Waals surface area (Å²) < 4.78 is 9.96.